The Kier molecular flexibility index (Phi) is 7.30. The summed E-state index contributed by atoms with van der Waals surface area (Å²) in [5.41, 5.74) is 0.561. The molecule has 19 heavy (non-hydrogen) atoms. The molecule has 106 valence electrons. The first-order valence-corrected chi connectivity index (χ1v) is 6.84. The van der Waals surface area contributed by atoms with Crippen LogP contribution in [0, 0.1) is 0 Å². The molecular weight excluding hydrogens is 266 g/mol. The minimum atomic E-state index is -0.0817. The van der Waals surface area contributed by atoms with E-state index in [9.17, 15) is 4.79 Å². The highest BCUT2D eigenvalue weighted by molar-refractivity contribution is 6.18. The SMILES string of the molecule is CCOc1ccccc1C(=O)N(CCCl)CCOC. The van der Waals surface area contributed by atoms with Crippen molar-refractivity contribution in [3.05, 3.63) is 29.8 Å². The van der Waals surface area contributed by atoms with Crippen molar-refractivity contribution >= 4 is 17.5 Å². The molecule has 0 spiro atoms. The van der Waals surface area contributed by atoms with Crippen molar-refractivity contribution < 1.29 is 14.3 Å². The summed E-state index contributed by atoms with van der Waals surface area (Å²) < 4.78 is 10.5. The van der Waals surface area contributed by atoms with Gasteiger partial charge < -0.3 is 14.4 Å². The lowest BCUT2D eigenvalue weighted by Crippen LogP contribution is -2.35. The van der Waals surface area contributed by atoms with Gasteiger partial charge in [0.25, 0.3) is 5.91 Å². The first-order chi connectivity index (χ1) is 9.24. The monoisotopic (exact) mass is 285 g/mol. The van der Waals surface area contributed by atoms with E-state index in [0.717, 1.165) is 0 Å². The lowest BCUT2D eigenvalue weighted by atomic mass is 10.1. The molecule has 0 saturated carbocycles. The first-order valence-electron chi connectivity index (χ1n) is 6.30. The van der Waals surface area contributed by atoms with Crippen LogP contribution in [0.4, 0.5) is 0 Å². The van der Waals surface area contributed by atoms with E-state index in [4.69, 9.17) is 21.1 Å². The summed E-state index contributed by atoms with van der Waals surface area (Å²) in [5, 5.41) is 0. The number of carbonyl (C=O) groups excluding carboxylic acids is 1. The van der Waals surface area contributed by atoms with Crippen molar-refractivity contribution in [2.45, 2.75) is 6.92 Å². The van der Waals surface area contributed by atoms with Crippen LogP contribution < -0.4 is 4.74 Å². The van der Waals surface area contributed by atoms with Crippen LogP contribution in [0.2, 0.25) is 0 Å². The highest BCUT2D eigenvalue weighted by Gasteiger charge is 2.18. The molecule has 0 bridgehead atoms. The summed E-state index contributed by atoms with van der Waals surface area (Å²) in [6.45, 7) is 3.91. The number of ether oxygens (including phenoxy) is 2. The fourth-order valence-electron chi connectivity index (χ4n) is 1.71. The smallest absolute Gasteiger partial charge is 0.257 e. The van der Waals surface area contributed by atoms with Crippen LogP contribution in [-0.2, 0) is 4.74 Å². The number of carbonyl (C=O) groups is 1. The largest absolute Gasteiger partial charge is 0.493 e. The van der Waals surface area contributed by atoms with Crippen LogP contribution in [-0.4, -0.2) is 50.1 Å². The molecule has 0 atom stereocenters. The molecule has 0 aliphatic heterocycles. The normalized spacial score (nSPS) is 10.3. The quantitative estimate of drug-likeness (QED) is 0.689. The van der Waals surface area contributed by atoms with Crippen molar-refractivity contribution in [1.29, 1.82) is 0 Å². The average molecular weight is 286 g/mol. The van der Waals surface area contributed by atoms with Crippen molar-refractivity contribution in [1.82, 2.24) is 4.90 Å². The summed E-state index contributed by atoms with van der Waals surface area (Å²) >= 11 is 5.74. The van der Waals surface area contributed by atoms with Gasteiger partial charge in [-0.3, -0.25) is 4.79 Å². The molecule has 4 nitrogen and oxygen atoms in total. The van der Waals surface area contributed by atoms with E-state index in [1.165, 1.54) is 0 Å². The lowest BCUT2D eigenvalue weighted by Gasteiger charge is -2.22. The number of nitrogens with zero attached hydrogens (tertiary/aromatic N) is 1. The molecule has 1 aromatic carbocycles. The van der Waals surface area contributed by atoms with Gasteiger partial charge in [0.05, 0.1) is 18.8 Å². The van der Waals surface area contributed by atoms with Gasteiger partial charge in [-0.2, -0.15) is 0 Å². The molecule has 0 aromatic heterocycles. The first kappa shape index (κ1) is 15.8. The zero-order valence-electron chi connectivity index (χ0n) is 11.4. The maximum Gasteiger partial charge on any atom is 0.257 e. The van der Waals surface area contributed by atoms with E-state index in [2.05, 4.69) is 0 Å². The molecule has 1 amide bonds. The van der Waals surface area contributed by atoms with E-state index in [-0.39, 0.29) is 5.91 Å². The Bertz CT molecular complexity index is 398. The zero-order valence-corrected chi connectivity index (χ0v) is 12.2. The average Bonchev–Trinajstić information content (AvgIpc) is 2.44. The number of alkyl halides is 1. The second-order valence-corrected chi connectivity index (χ2v) is 4.28. The standard InChI is InChI=1S/C14H20ClNO3/c1-3-19-13-7-5-4-6-12(13)14(17)16(9-8-15)10-11-18-2/h4-7H,3,8-11H2,1-2H3. The molecule has 0 saturated heterocycles. The van der Waals surface area contributed by atoms with Gasteiger partial charge in [0.15, 0.2) is 0 Å². The topological polar surface area (TPSA) is 38.8 Å². The summed E-state index contributed by atoms with van der Waals surface area (Å²) in [6.07, 6.45) is 0. The maximum atomic E-state index is 12.5. The molecular formula is C14H20ClNO3. The van der Waals surface area contributed by atoms with Crippen LogP contribution in [0.5, 0.6) is 5.75 Å². The molecule has 1 rings (SSSR count). The molecule has 0 N–H and O–H groups in total. The second kappa shape index (κ2) is 8.77. The summed E-state index contributed by atoms with van der Waals surface area (Å²) in [6, 6.07) is 7.24. The van der Waals surface area contributed by atoms with Gasteiger partial charge in [-0.05, 0) is 19.1 Å². The van der Waals surface area contributed by atoms with Gasteiger partial charge in [-0.25, -0.2) is 0 Å². The highest BCUT2D eigenvalue weighted by atomic mass is 35.5. The molecule has 5 heteroatoms. The van der Waals surface area contributed by atoms with Crippen LogP contribution in [0.1, 0.15) is 17.3 Å². The Morgan fingerprint density at radius 1 is 1.32 bits per heavy atom. The maximum absolute atomic E-state index is 12.5. The minimum absolute atomic E-state index is 0.0817. The number of amides is 1. The third kappa shape index (κ3) is 4.73. The van der Waals surface area contributed by atoms with Gasteiger partial charge in [-0.1, -0.05) is 12.1 Å². The third-order valence-electron chi connectivity index (χ3n) is 2.62. The number of rotatable bonds is 8. The Morgan fingerprint density at radius 2 is 2.05 bits per heavy atom. The zero-order chi connectivity index (χ0) is 14.1. The van der Waals surface area contributed by atoms with E-state index >= 15 is 0 Å². The summed E-state index contributed by atoms with van der Waals surface area (Å²) in [7, 11) is 1.61. The number of hydrogen-bond acceptors (Lipinski definition) is 3. The summed E-state index contributed by atoms with van der Waals surface area (Å²) in [4.78, 5) is 14.1. The Hall–Kier alpha value is -1.26. The predicted octanol–water partition coefficient (Wildman–Crippen LogP) is 2.41. The number of para-hydroxylation sites is 1. The van der Waals surface area contributed by atoms with Crippen molar-refractivity contribution in [2.24, 2.45) is 0 Å². The van der Waals surface area contributed by atoms with E-state index < -0.39 is 0 Å². The van der Waals surface area contributed by atoms with Gasteiger partial charge in [0.1, 0.15) is 5.75 Å². The van der Waals surface area contributed by atoms with Crippen molar-refractivity contribution in [3.8, 4) is 5.75 Å². The van der Waals surface area contributed by atoms with E-state index in [1.807, 2.05) is 19.1 Å². The minimum Gasteiger partial charge on any atom is -0.493 e. The number of methoxy groups -OCH3 is 1. The number of hydrogen-bond donors (Lipinski definition) is 0. The predicted molar refractivity (Wildman–Crippen MR) is 76.1 cm³/mol. The Balaban J connectivity index is 2.88. The molecule has 1 aromatic rings. The van der Waals surface area contributed by atoms with Crippen LogP contribution in [0.3, 0.4) is 0 Å². The Morgan fingerprint density at radius 3 is 2.68 bits per heavy atom. The number of halogens is 1. The molecule has 0 aliphatic carbocycles. The van der Waals surface area contributed by atoms with Gasteiger partial charge in [0.2, 0.25) is 0 Å². The van der Waals surface area contributed by atoms with Crippen molar-refractivity contribution in [2.75, 3.05) is 39.3 Å². The van der Waals surface area contributed by atoms with Gasteiger partial charge in [0, 0.05) is 26.1 Å². The second-order valence-electron chi connectivity index (χ2n) is 3.90. The molecule has 0 aliphatic rings. The molecule has 0 unspecified atom stereocenters. The molecule has 0 fully saturated rings. The fourth-order valence-corrected chi connectivity index (χ4v) is 1.92. The molecule has 0 heterocycles. The third-order valence-corrected chi connectivity index (χ3v) is 2.79. The van der Waals surface area contributed by atoms with Crippen LogP contribution >= 0.6 is 11.6 Å². The van der Waals surface area contributed by atoms with E-state index in [0.29, 0.717) is 43.5 Å². The Labute approximate surface area is 119 Å². The van der Waals surface area contributed by atoms with Crippen LogP contribution in [0.15, 0.2) is 24.3 Å². The summed E-state index contributed by atoms with van der Waals surface area (Å²) in [5.74, 6) is 0.917. The molecule has 0 radical (unpaired) electrons. The van der Waals surface area contributed by atoms with Gasteiger partial charge in [-0.15, -0.1) is 11.6 Å². The van der Waals surface area contributed by atoms with Crippen LogP contribution in [0.25, 0.3) is 0 Å². The lowest BCUT2D eigenvalue weighted by molar-refractivity contribution is 0.0704. The van der Waals surface area contributed by atoms with Gasteiger partial charge >= 0.3 is 0 Å². The fraction of sp³-hybridized carbons (Fsp3) is 0.500. The number of benzene rings is 1. The highest BCUT2D eigenvalue weighted by Crippen LogP contribution is 2.19. The van der Waals surface area contributed by atoms with Crippen molar-refractivity contribution in [3.63, 3.8) is 0 Å². The van der Waals surface area contributed by atoms with E-state index in [1.54, 1.807) is 24.1 Å².